The van der Waals surface area contributed by atoms with Crippen LogP contribution in [0.1, 0.15) is 41.5 Å². The van der Waals surface area contributed by atoms with Gasteiger partial charge in [0.05, 0.1) is 18.0 Å². The molecule has 8 nitrogen and oxygen atoms in total. The zero-order chi connectivity index (χ0) is 22.5. The van der Waals surface area contributed by atoms with Gasteiger partial charge in [-0.2, -0.15) is 0 Å². The van der Waals surface area contributed by atoms with Crippen molar-refractivity contribution in [2.45, 2.75) is 59.2 Å². The third-order valence-corrected chi connectivity index (χ3v) is 4.10. The monoisotopic (exact) mass is 415 g/mol. The van der Waals surface area contributed by atoms with Crippen molar-refractivity contribution >= 4 is 17.7 Å². The topological polar surface area (TPSA) is 101 Å². The first-order valence-electron chi connectivity index (χ1n) is 9.71. The molecule has 2 amide bonds. The predicted molar refractivity (Wildman–Crippen MR) is 114 cm³/mol. The number of carbonyl (C=O) groups is 2. The molecule has 1 aromatic heterocycles. The Morgan fingerprint density at radius 1 is 1.10 bits per heavy atom. The van der Waals surface area contributed by atoms with E-state index in [1.54, 1.807) is 52.0 Å². The Bertz CT molecular complexity index is 875. The van der Waals surface area contributed by atoms with Gasteiger partial charge in [0.25, 0.3) is 0 Å². The molecule has 162 valence electrons. The van der Waals surface area contributed by atoms with Crippen LogP contribution < -0.4 is 14.8 Å². The SMILES string of the molecule is CC(C)Oc1cccc(Oc2ccc(NC(=O)C(C)N(C(=O)O)C(C)(C)C)cn2)c1. The standard InChI is InChI=1S/C22H29N3O5/c1-14(2)29-17-8-7-9-18(12-17)30-19-11-10-16(13-23-19)24-20(26)15(3)25(21(27)28)22(4,5)6/h7-15H,1-6H3,(H,24,26)(H,27,28). The van der Waals surface area contributed by atoms with Crippen LogP contribution in [0.15, 0.2) is 42.6 Å². The number of rotatable bonds is 7. The molecule has 1 heterocycles. The quantitative estimate of drug-likeness (QED) is 0.676. The van der Waals surface area contributed by atoms with Gasteiger partial charge in [0.1, 0.15) is 17.5 Å². The summed E-state index contributed by atoms with van der Waals surface area (Å²) in [4.78, 5) is 29.4. The molecule has 0 aliphatic carbocycles. The van der Waals surface area contributed by atoms with E-state index in [-0.39, 0.29) is 6.10 Å². The minimum absolute atomic E-state index is 0.0546. The number of ether oxygens (including phenoxy) is 2. The van der Waals surface area contributed by atoms with Crippen LogP contribution >= 0.6 is 0 Å². The van der Waals surface area contributed by atoms with E-state index >= 15 is 0 Å². The summed E-state index contributed by atoms with van der Waals surface area (Å²) >= 11 is 0. The van der Waals surface area contributed by atoms with Gasteiger partial charge in [0.2, 0.25) is 11.8 Å². The third-order valence-electron chi connectivity index (χ3n) is 4.10. The summed E-state index contributed by atoms with van der Waals surface area (Å²) in [5, 5.41) is 12.1. The van der Waals surface area contributed by atoms with Gasteiger partial charge in [-0.25, -0.2) is 9.78 Å². The van der Waals surface area contributed by atoms with E-state index in [1.807, 2.05) is 26.0 Å². The maximum Gasteiger partial charge on any atom is 0.408 e. The van der Waals surface area contributed by atoms with Crippen molar-refractivity contribution in [2.75, 3.05) is 5.32 Å². The van der Waals surface area contributed by atoms with Crippen molar-refractivity contribution in [3.8, 4) is 17.4 Å². The predicted octanol–water partition coefficient (Wildman–Crippen LogP) is 4.77. The number of aromatic nitrogens is 1. The molecule has 0 aliphatic heterocycles. The second-order valence-electron chi connectivity index (χ2n) is 8.12. The number of carbonyl (C=O) groups excluding carboxylic acids is 1. The van der Waals surface area contributed by atoms with E-state index in [0.717, 1.165) is 4.90 Å². The van der Waals surface area contributed by atoms with Crippen molar-refractivity contribution < 1.29 is 24.2 Å². The van der Waals surface area contributed by atoms with Gasteiger partial charge in [0.15, 0.2) is 0 Å². The number of amides is 2. The fourth-order valence-electron chi connectivity index (χ4n) is 2.92. The van der Waals surface area contributed by atoms with Crippen molar-refractivity contribution in [1.82, 2.24) is 9.88 Å². The maximum atomic E-state index is 12.5. The second-order valence-corrected chi connectivity index (χ2v) is 8.12. The number of carboxylic acid groups (broad SMARTS) is 1. The van der Waals surface area contributed by atoms with Crippen LogP contribution in [0.25, 0.3) is 0 Å². The highest BCUT2D eigenvalue weighted by atomic mass is 16.5. The van der Waals surface area contributed by atoms with Gasteiger partial charge in [-0.15, -0.1) is 0 Å². The van der Waals surface area contributed by atoms with Crippen molar-refractivity contribution in [3.63, 3.8) is 0 Å². The lowest BCUT2D eigenvalue weighted by molar-refractivity contribution is -0.121. The van der Waals surface area contributed by atoms with E-state index in [1.165, 1.54) is 6.20 Å². The van der Waals surface area contributed by atoms with Crippen LogP contribution in [0.4, 0.5) is 10.5 Å². The molecule has 0 radical (unpaired) electrons. The number of hydrogen-bond acceptors (Lipinski definition) is 5. The van der Waals surface area contributed by atoms with E-state index in [0.29, 0.717) is 23.1 Å². The van der Waals surface area contributed by atoms with Crippen LogP contribution in [0, 0.1) is 0 Å². The Labute approximate surface area is 176 Å². The lowest BCUT2D eigenvalue weighted by atomic mass is 10.0. The summed E-state index contributed by atoms with van der Waals surface area (Å²) in [6.07, 6.45) is 0.353. The number of nitrogens with one attached hydrogen (secondary N) is 1. The minimum atomic E-state index is -1.16. The smallest absolute Gasteiger partial charge is 0.408 e. The molecule has 1 atom stereocenters. The zero-order valence-electron chi connectivity index (χ0n) is 18.2. The summed E-state index contributed by atoms with van der Waals surface area (Å²) in [6, 6.07) is 9.62. The first-order valence-corrected chi connectivity index (χ1v) is 9.71. The molecule has 0 spiro atoms. The average molecular weight is 415 g/mol. The Kier molecular flexibility index (Phi) is 7.26. The molecule has 2 aromatic rings. The molecule has 0 aliphatic rings. The average Bonchev–Trinajstić information content (AvgIpc) is 2.61. The van der Waals surface area contributed by atoms with Gasteiger partial charge in [0, 0.05) is 17.7 Å². The lowest BCUT2D eigenvalue weighted by Crippen LogP contribution is -2.54. The van der Waals surface area contributed by atoms with Crippen molar-refractivity contribution in [3.05, 3.63) is 42.6 Å². The van der Waals surface area contributed by atoms with Crippen molar-refractivity contribution in [2.24, 2.45) is 0 Å². The fourth-order valence-corrected chi connectivity index (χ4v) is 2.92. The Balaban J connectivity index is 2.04. The molecule has 0 saturated carbocycles. The molecule has 0 bridgehead atoms. The highest BCUT2D eigenvalue weighted by Crippen LogP contribution is 2.25. The minimum Gasteiger partial charge on any atom is -0.491 e. The van der Waals surface area contributed by atoms with Gasteiger partial charge in [-0.3, -0.25) is 9.69 Å². The Morgan fingerprint density at radius 3 is 2.30 bits per heavy atom. The number of hydrogen-bond donors (Lipinski definition) is 2. The van der Waals surface area contributed by atoms with Gasteiger partial charge in [-0.1, -0.05) is 6.07 Å². The highest BCUT2D eigenvalue weighted by molar-refractivity contribution is 5.96. The largest absolute Gasteiger partial charge is 0.491 e. The molecule has 0 fully saturated rings. The lowest BCUT2D eigenvalue weighted by Gasteiger charge is -2.37. The number of anilines is 1. The first-order chi connectivity index (χ1) is 14.0. The number of benzene rings is 1. The molecule has 0 saturated heterocycles. The summed E-state index contributed by atoms with van der Waals surface area (Å²) in [7, 11) is 0. The van der Waals surface area contributed by atoms with Gasteiger partial charge in [-0.05, 0) is 59.7 Å². The van der Waals surface area contributed by atoms with Crippen molar-refractivity contribution in [1.29, 1.82) is 0 Å². The summed E-state index contributed by atoms with van der Waals surface area (Å²) in [6.45, 7) is 10.6. The fraction of sp³-hybridized carbons (Fsp3) is 0.409. The molecule has 2 rings (SSSR count). The van der Waals surface area contributed by atoms with E-state index < -0.39 is 23.6 Å². The number of pyridine rings is 1. The highest BCUT2D eigenvalue weighted by Gasteiger charge is 2.34. The molecular weight excluding hydrogens is 386 g/mol. The van der Waals surface area contributed by atoms with Crippen LogP contribution in [0.3, 0.4) is 0 Å². The van der Waals surface area contributed by atoms with Gasteiger partial charge >= 0.3 is 6.09 Å². The van der Waals surface area contributed by atoms with Crippen LogP contribution in [0.5, 0.6) is 17.4 Å². The second kappa shape index (κ2) is 9.47. The van der Waals surface area contributed by atoms with E-state index in [2.05, 4.69) is 10.3 Å². The van der Waals surface area contributed by atoms with Crippen LogP contribution in [-0.4, -0.2) is 44.7 Å². The summed E-state index contributed by atoms with van der Waals surface area (Å²) in [5.74, 6) is 1.18. The molecule has 1 aromatic carbocycles. The third kappa shape index (κ3) is 6.37. The van der Waals surface area contributed by atoms with Crippen LogP contribution in [-0.2, 0) is 4.79 Å². The van der Waals surface area contributed by atoms with Gasteiger partial charge < -0.3 is 19.9 Å². The first kappa shape index (κ1) is 23.0. The molecule has 8 heteroatoms. The van der Waals surface area contributed by atoms with Crippen LogP contribution in [0.2, 0.25) is 0 Å². The maximum absolute atomic E-state index is 12.5. The van der Waals surface area contributed by atoms with E-state index in [4.69, 9.17) is 9.47 Å². The molecule has 1 unspecified atom stereocenters. The Hall–Kier alpha value is -3.29. The molecule has 30 heavy (non-hydrogen) atoms. The van der Waals surface area contributed by atoms with E-state index in [9.17, 15) is 14.7 Å². The normalized spacial score (nSPS) is 12.2. The zero-order valence-corrected chi connectivity index (χ0v) is 18.2. The molecule has 2 N–H and O–H groups in total. The Morgan fingerprint density at radius 2 is 1.77 bits per heavy atom. The number of nitrogens with zero attached hydrogens (tertiary/aromatic N) is 2. The summed E-state index contributed by atoms with van der Waals surface area (Å²) < 4.78 is 11.4. The molecular formula is C22H29N3O5. The summed E-state index contributed by atoms with van der Waals surface area (Å²) in [5.41, 5.74) is -0.276.